The first kappa shape index (κ1) is 22.1. The summed E-state index contributed by atoms with van der Waals surface area (Å²) in [5.74, 6) is 0.763. The minimum absolute atomic E-state index is 0.122. The number of anilines is 1. The minimum Gasteiger partial charge on any atom is -0.493 e. The molecule has 3 aromatic carbocycles. The molecule has 0 bridgehead atoms. The molecule has 1 heterocycles. The summed E-state index contributed by atoms with van der Waals surface area (Å²) in [4.78, 5) is 31.3. The van der Waals surface area contributed by atoms with Gasteiger partial charge in [-0.2, -0.15) is 0 Å². The number of aromatic amines is 1. The van der Waals surface area contributed by atoms with Gasteiger partial charge in [0.05, 0.1) is 26.3 Å². The maximum Gasteiger partial charge on any atom is 0.258 e. The largest absolute Gasteiger partial charge is 0.493 e. The van der Waals surface area contributed by atoms with Gasteiger partial charge in [-0.25, -0.2) is 0 Å². The average molecular weight is 443 g/mol. The number of methoxy groups -OCH3 is 2. The zero-order chi connectivity index (χ0) is 23.5. The first-order chi connectivity index (χ1) is 15.9. The van der Waals surface area contributed by atoms with Crippen molar-refractivity contribution in [1.29, 1.82) is 0 Å². The van der Waals surface area contributed by atoms with E-state index in [2.05, 4.69) is 4.98 Å². The van der Waals surface area contributed by atoms with Crippen molar-refractivity contribution in [3.05, 3.63) is 99.3 Å². The lowest BCUT2D eigenvalue weighted by Gasteiger charge is -2.25. The summed E-state index contributed by atoms with van der Waals surface area (Å²) in [7, 11) is 3.08. The van der Waals surface area contributed by atoms with E-state index in [1.165, 1.54) is 7.11 Å². The predicted molar refractivity (Wildman–Crippen MR) is 131 cm³/mol. The topological polar surface area (TPSA) is 71.6 Å². The Hall–Kier alpha value is -4.06. The first-order valence-corrected chi connectivity index (χ1v) is 10.6. The van der Waals surface area contributed by atoms with Gasteiger partial charge in [-0.15, -0.1) is 0 Å². The Balaban J connectivity index is 1.81. The van der Waals surface area contributed by atoms with E-state index in [4.69, 9.17) is 9.47 Å². The molecule has 0 unspecified atom stereocenters. The van der Waals surface area contributed by atoms with Crippen molar-refractivity contribution in [3.8, 4) is 11.5 Å². The SMILES string of the molecule is COc1ccc(C(=O)N(Cc2cc3cccc(C)c3[nH]c2=O)c2ccccc2C)cc1OC. The van der Waals surface area contributed by atoms with E-state index >= 15 is 0 Å². The molecule has 0 atom stereocenters. The summed E-state index contributed by atoms with van der Waals surface area (Å²) in [6.45, 7) is 4.02. The van der Waals surface area contributed by atoms with E-state index < -0.39 is 0 Å². The molecule has 1 aromatic heterocycles. The summed E-state index contributed by atoms with van der Waals surface area (Å²) >= 11 is 0. The summed E-state index contributed by atoms with van der Waals surface area (Å²) in [6, 6.07) is 20.4. The van der Waals surface area contributed by atoms with E-state index in [1.54, 1.807) is 30.2 Å². The normalized spacial score (nSPS) is 10.8. The lowest BCUT2D eigenvalue weighted by molar-refractivity contribution is 0.0984. The number of para-hydroxylation sites is 2. The average Bonchev–Trinajstić information content (AvgIpc) is 2.83. The lowest BCUT2D eigenvalue weighted by Crippen LogP contribution is -2.33. The molecule has 6 nitrogen and oxygen atoms in total. The highest BCUT2D eigenvalue weighted by Gasteiger charge is 2.22. The van der Waals surface area contributed by atoms with Crippen molar-refractivity contribution in [2.45, 2.75) is 20.4 Å². The fourth-order valence-electron chi connectivity index (χ4n) is 3.97. The van der Waals surface area contributed by atoms with Crippen molar-refractivity contribution in [2.24, 2.45) is 0 Å². The Morgan fingerprint density at radius 2 is 1.61 bits per heavy atom. The predicted octanol–water partition coefficient (Wildman–Crippen LogP) is 5.01. The Kier molecular flexibility index (Phi) is 6.18. The molecule has 6 heteroatoms. The Bertz CT molecular complexity index is 1390. The van der Waals surface area contributed by atoms with Gasteiger partial charge in [-0.1, -0.05) is 36.4 Å². The van der Waals surface area contributed by atoms with E-state index in [0.717, 1.165) is 27.7 Å². The number of fused-ring (bicyclic) bond motifs is 1. The number of nitrogens with zero attached hydrogens (tertiary/aromatic N) is 1. The summed E-state index contributed by atoms with van der Waals surface area (Å²) in [6.07, 6.45) is 0. The third-order valence-corrected chi connectivity index (χ3v) is 5.78. The number of carbonyl (C=O) groups is 1. The van der Waals surface area contributed by atoms with Crippen LogP contribution < -0.4 is 19.9 Å². The molecule has 0 fully saturated rings. The Labute approximate surface area is 192 Å². The Morgan fingerprint density at radius 3 is 2.33 bits per heavy atom. The molecule has 0 spiro atoms. The molecule has 1 N–H and O–H groups in total. The van der Waals surface area contributed by atoms with Crippen LogP contribution in [0.1, 0.15) is 27.0 Å². The van der Waals surface area contributed by atoms with Gasteiger partial charge in [-0.3, -0.25) is 9.59 Å². The number of aryl methyl sites for hydroxylation is 2. The lowest BCUT2D eigenvalue weighted by atomic mass is 10.1. The smallest absolute Gasteiger partial charge is 0.258 e. The van der Waals surface area contributed by atoms with Crippen LogP contribution in [0.5, 0.6) is 11.5 Å². The number of hydrogen-bond donors (Lipinski definition) is 1. The van der Waals surface area contributed by atoms with Crippen LogP contribution in [-0.4, -0.2) is 25.1 Å². The van der Waals surface area contributed by atoms with Crippen LogP contribution in [0.15, 0.2) is 71.5 Å². The van der Waals surface area contributed by atoms with Crippen molar-refractivity contribution in [3.63, 3.8) is 0 Å². The van der Waals surface area contributed by atoms with Gasteiger partial charge >= 0.3 is 0 Å². The number of benzene rings is 3. The third kappa shape index (κ3) is 4.32. The van der Waals surface area contributed by atoms with E-state index in [9.17, 15) is 9.59 Å². The highest BCUT2D eigenvalue weighted by Crippen LogP contribution is 2.30. The van der Waals surface area contributed by atoms with Crippen molar-refractivity contribution in [2.75, 3.05) is 19.1 Å². The fraction of sp³-hybridized carbons (Fsp3) is 0.185. The van der Waals surface area contributed by atoms with Gasteiger partial charge in [0.2, 0.25) is 0 Å². The second-order valence-electron chi connectivity index (χ2n) is 7.91. The monoisotopic (exact) mass is 442 g/mol. The molecular formula is C27H26N2O4. The summed E-state index contributed by atoms with van der Waals surface area (Å²) < 4.78 is 10.7. The molecule has 1 amide bonds. The summed E-state index contributed by atoms with van der Waals surface area (Å²) in [5, 5.41) is 0.924. The van der Waals surface area contributed by atoms with Gasteiger partial charge < -0.3 is 19.4 Å². The highest BCUT2D eigenvalue weighted by atomic mass is 16.5. The second kappa shape index (κ2) is 9.20. The van der Waals surface area contributed by atoms with Crippen LogP contribution in [-0.2, 0) is 6.54 Å². The van der Waals surface area contributed by atoms with E-state index in [1.807, 2.05) is 62.4 Å². The van der Waals surface area contributed by atoms with Gasteiger partial charge in [0.15, 0.2) is 11.5 Å². The van der Waals surface area contributed by atoms with Crippen LogP contribution in [0, 0.1) is 13.8 Å². The van der Waals surface area contributed by atoms with Crippen LogP contribution in [0.3, 0.4) is 0 Å². The van der Waals surface area contributed by atoms with Gasteiger partial charge in [0, 0.05) is 16.8 Å². The Morgan fingerprint density at radius 1 is 0.879 bits per heavy atom. The molecule has 33 heavy (non-hydrogen) atoms. The molecule has 0 aliphatic rings. The molecular weight excluding hydrogens is 416 g/mol. The number of amides is 1. The number of carbonyl (C=O) groups excluding carboxylic acids is 1. The highest BCUT2D eigenvalue weighted by molar-refractivity contribution is 6.06. The zero-order valence-electron chi connectivity index (χ0n) is 19.1. The molecule has 0 radical (unpaired) electrons. The zero-order valence-corrected chi connectivity index (χ0v) is 19.1. The van der Waals surface area contributed by atoms with E-state index in [0.29, 0.717) is 22.6 Å². The third-order valence-electron chi connectivity index (χ3n) is 5.78. The summed E-state index contributed by atoms with van der Waals surface area (Å²) in [5.41, 5.74) is 4.19. The maximum absolute atomic E-state index is 13.7. The molecule has 4 rings (SSSR count). The molecule has 4 aromatic rings. The molecule has 0 saturated heterocycles. The molecule has 168 valence electrons. The number of nitrogens with one attached hydrogen (secondary N) is 1. The minimum atomic E-state index is -0.242. The van der Waals surface area contributed by atoms with Gasteiger partial charge in [0.1, 0.15) is 0 Å². The standard InChI is InChI=1S/C27H26N2O4/c1-17-8-5-6-11-22(17)29(27(31)20-12-13-23(32-3)24(15-20)33-4)16-21-14-19-10-7-9-18(2)25(19)28-26(21)30/h5-15H,16H2,1-4H3,(H,28,30). The van der Waals surface area contributed by atoms with Crippen molar-refractivity contribution in [1.82, 2.24) is 4.98 Å². The van der Waals surface area contributed by atoms with E-state index in [-0.39, 0.29) is 18.0 Å². The number of rotatable bonds is 6. The number of pyridine rings is 1. The van der Waals surface area contributed by atoms with Crippen molar-refractivity contribution < 1.29 is 14.3 Å². The molecule has 0 saturated carbocycles. The number of aromatic nitrogens is 1. The second-order valence-corrected chi connectivity index (χ2v) is 7.91. The van der Waals surface area contributed by atoms with Crippen LogP contribution >= 0.6 is 0 Å². The number of hydrogen-bond acceptors (Lipinski definition) is 4. The van der Waals surface area contributed by atoms with Crippen LogP contribution in [0.2, 0.25) is 0 Å². The maximum atomic E-state index is 13.7. The van der Waals surface area contributed by atoms with Crippen LogP contribution in [0.4, 0.5) is 5.69 Å². The van der Waals surface area contributed by atoms with Crippen LogP contribution in [0.25, 0.3) is 10.9 Å². The van der Waals surface area contributed by atoms with Gasteiger partial charge in [-0.05, 0) is 60.7 Å². The van der Waals surface area contributed by atoms with Crippen molar-refractivity contribution >= 4 is 22.5 Å². The first-order valence-electron chi connectivity index (χ1n) is 10.6. The number of ether oxygens (including phenoxy) is 2. The molecule has 0 aliphatic heterocycles. The number of H-pyrrole nitrogens is 1. The quantitative estimate of drug-likeness (QED) is 0.456. The molecule has 0 aliphatic carbocycles. The fourth-order valence-corrected chi connectivity index (χ4v) is 3.97. The van der Waals surface area contributed by atoms with Gasteiger partial charge in [0.25, 0.3) is 11.5 Å².